The van der Waals surface area contributed by atoms with Crippen molar-refractivity contribution in [2.75, 3.05) is 12.4 Å². The molecule has 1 aromatic rings. The molecule has 0 saturated carbocycles. The number of rotatable bonds is 10. The summed E-state index contributed by atoms with van der Waals surface area (Å²) in [7, 11) is 1.25. The van der Waals surface area contributed by atoms with E-state index in [0.29, 0.717) is 5.69 Å². The van der Waals surface area contributed by atoms with Crippen LogP contribution in [0, 0.1) is 6.92 Å². The SMILES string of the molecule is CCCCc1c(CC(=O)/C=C\C(=O)OC)ccc(NC(=O)/C=C\C(C)=O)c1C. The molecule has 1 amide bonds. The largest absolute Gasteiger partial charge is 0.466 e. The maximum Gasteiger partial charge on any atom is 0.330 e. The molecular formula is C22H27NO5. The topological polar surface area (TPSA) is 89.5 Å². The van der Waals surface area contributed by atoms with Crippen LogP contribution < -0.4 is 5.32 Å². The Kier molecular flexibility index (Phi) is 9.57. The van der Waals surface area contributed by atoms with Crippen LogP contribution in [0.3, 0.4) is 0 Å². The highest BCUT2D eigenvalue weighted by Gasteiger charge is 2.13. The van der Waals surface area contributed by atoms with E-state index in [1.54, 1.807) is 6.07 Å². The highest BCUT2D eigenvalue weighted by Crippen LogP contribution is 2.25. The zero-order valence-corrected chi connectivity index (χ0v) is 16.8. The molecule has 6 heteroatoms. The van der Waals surface area contributed by atoms with Gasteiger partial charge in [0, 0.05) is 24.3 Å². The Morgan fingerprint density at radius 3 is 2.39 bits per heavy atom. The minimum absolute atomic E-state index is 0.159. The van der Waals surface area contributed by atoms with E-state index in [0.717, 1.165) is 42.0 Å². The van der Waals surface area contributed by atoms with Crippen LogP contribution >= 0.6 is 0 Å². The van der Waals surface area contributed by atoms with Crippen molar-refractivity contribution in [2.45, 2.75) is 46.5 Å². The second-order valence-corrected chi connectivity index (χ2v) is 6.41. The molecule has 6 nitrogen and oxygen atoms in total. The minimum Gasteiger partial charge on any atom is -0.466 e. The average Bonchev–Trinajstić information content (AvgIpc) is 2.66. The van der Waals surface area contributed by atoms with Crippen LogP contribution in [0.5, 0.6) is 0 Å². The maximum absolute atomic E-state index is 12.2. The first-order valence-electron chi connectivity index (χ1n) is 9.18. The van der Waals surface area contributed by atoms with Crippen molar-refractivity contribution >= 4 is 29.1 Å². The summed E-state index contributed by atoms with van der Waals surface area (Å²) in [6.45, 7) is 5.35. The quantitative estimate of drug-likeness (QED) is 0.493. The Morgan fingerprint density at radius 1 is 1.07 bits per heavy atom. The molecule has 150 valence electrons. The molecule has 0 aliphatic heterocycles. The molecule has 0 aliphatic rings. The zero-order chi connectivity index (χ0) is 21.1. The lowest BCUT2D eigenvalue weighted by Crippen LogP contribution is -2.12. The van der Waals surface area contributed by atoms with Gasteiger partial charge >= 0.3 is 5.97 Å². The summed E-state index contributed by atoms with van der Waals surface area (Å²) in [5.74, 6) is -1.37. The standard InChI is InChI=1S/C22H27NO5/c1-5-6-7-19-16(3)20(23-21(26)12-8-15(2)24)11-9-17(19)14-18(25)10-13-22(27)28-4/h8-13H,5-7,14H2,1-4H3,(H,23,26)/b12-8-,13-10-. The average molecular weight is 385 g/mol. The lowest BCUT2D eigenvalue weighted by molar-refractivity contribution is -0.135. The molecule has 1 aromatic carbocycles. The van der Waals surface area contributed by atoms with Gasteiger partial charge in [0.1, 0.15) is 0 Å². The van der Waals surface area contributed by atoms with E-state index in [4.69, 9.17) is 0 Å². The molecule has 0 atom stereocenters. The summed E-state index contributed by atoms with van der Waals surface area (Å²) >= 11 is 0. The van der Waals surface area contributed by atoms with Gasteiger partial charge in [0.05, 0.1) is 7.11 Å². The highest BCUT2D eigenvalue weighted by molar-refractivity contribution is 6.04. The molecule has 1 rings (SSSR count). The predicted octanol–water partition coefficient (Wildman–Crippen LogP) is 3.26. The molecule has 0 unspecified atom stereocenters. The maximum atomic E-state index is 12.2. The molecule has 28 heavy (non-hydrogen) atoms. The summed E-state index contributed by atoms with van der Waals surface area (Å²) in [5.41, 5.74) is 3.41. The molecular weight excluding hydrogens is 358 g/mol. The number of nitrogens with one attached hydrogen (secondary N) is 1. The Balaban J connectivity index is 3.08. The summed E-state index contributed by atoms with van der Waals surface area (Å²) in [6.07, 6.45) is 7.61. The molecule has 1 N–H and O–H groups in total. The van der Waals surface area contributed by atoms with Crippen molar-refractivity contribution in [3.05, 3.63) is 53.1 Å². The molecule has 0 radical (unpaired) electrons. The molecule has 0 saturated heterocycles. The van der Waals surface area contributed by atoms with Crippen LogP contribution in [0.4, 0.5) is 5.69 Å². The predicted molar refractivity (Wildman–Crippen MR) is 108 cm³/mol. The van der Waals surface area contributed by atoms with Crippen LogP contribution in [-0.4, -0.2) is 30.6 Å². The number of methoxy groups -OCH3 is 1. The molecule has 0 heterocycles. The molecule has 0 fully saturated rings. The number of allylic oxidation sites excluding steroid dienone is 2. The van der Waals surface area contributed by atoms with Crippen LogP contribution in [-0.2, 0) is 36.8 Å². The van der Waals surface area contributed by atoms with Crippen molar-refractivity contribution in [3.63, 3.8) is 0 Å². The van der Waals surface area contributed by atoms with Gasteiger partial charge in [-0.2, -0.15) is 0 Å². The van der Waals surface area contributed by atoms with E-state index in [2.05, 4.69) is 17.0 Å². The second kappa shape index (κ2) is 11.6. The Labute approximate surface area is 165 Å². The van der Waals surface area contributed by atoms with Crippen molar-refractivity contribution in [1.82, 2.24) is 0 Å². The fraction of sp³-hybridized carbons (Fsp3) is 0.364. The number of hydrogen-bond acceptors (Lipinski definition) is 5. The van der Waals surface area contributed by atoms with Crippen LogP contribution in [0.15, 0.2) is 36.4 Å². The van der Waals surface area contributed by atoms with Gasteiger partial charge in [-0.1, -0.05) is 19.4 Å². The summed E-state index contributed by atoms with van der Waals surface area (Å²) < 4.78 is 4.49. The van der Waals surface area contributed by atoms with Crippen molar-refractivity contribution < 1.29 is 23.9 Å². The van der Waals surface area contributed by atoms with E-state index in [1.165, 1.54) is 32.3 Å². The Hall–Kier alpha value is -3.02. The van der Waals surface area contributed by atoms with Gasteiger partial charge < -0.3 is 10.1 Å². The number of anilines is 1. The third kappa shape index (κ3) is 7.70. The summed E-state index contributed by atoms with van der Waals surface area (Å²) in [6, 6.07) is 3.56. The number of benzene rings is 1. The zero-order valence-electron chi connectivity index (χ0n) is 16.8. The lowest BCUT2D eigenvalue weighted by Gasteiger charge is -2.16. The fourth-order valence-corrected chi connectivity index (χ4v) is 2.66. The molecule has 0 aromatic heterocycles. The first kappa shape index (κ1) is 23.0. The number of unbranched alkanes of at least 4 members (excludes halogenated alkanes) is 1. The van der Waals surface area contributed by atoms with Gasteiger partial charge in [-0.05, 0) is 61.6 Å². The summed E-state index contributed by atoms with van der Waals surface area (Å²) in [4.78, 5) is 46.3. The number of carbonyl (C=O) groups is 4. The number of ether oxygens (including phenoxy) is 1. The number of carbonyl (C=O) groups excluding carboxylic acids is 4. The first-order chi connectivity index (χ1) is 13.3. The van der Waals surface area contributed by atoms with E-state index in [9.17, 15) is 19.2 Å². The third-order valence-electron chi connectivity index (χ3n) is 4.17. The summed E-state index contributed by atoms with van der Waals surface area (Å²) in [5, 5.41) is 2.77. The van der Waals surface area contributed by atoms with Crippen LogP contribution in [0.25, 0.3) is 0 Å². The van der Waals surface area contributed by atoms with Gasteiger partial charge in [-0.25, -0.2) is 4.79 Å². The van der Waals surface area contributed by atoms with Crippen molar-refractivity contribution in [3.8, 4) is 0 Å². The van der Waals surface area contributed by atoms with Gasteiger partial charge in [-0.3, -0.25) is 14.4 Å². The van der Waals surface area contributed by atoms with Crippen LogP contribution in [0.2, 0.25) is 0 Å². The van der Waals surface area contributed by atoms with Crippen molar-refractivity contribution in [2.24, 2.45) is 0 Å². The van der Waals surface area contributed by atoms with E-state index in [1.807, 2.05) is 13.0 Å². The lowest BCUT2D eigenvalue weighted by atomic mass is 9.92. The molecule has 0 aliphatic carbocycles. The number of amides is 1. The van der Waals surface area contributed by atoms with Crippen LogP contribution in [0.1, 0.15) is 43.4 Å². The second-order valence-electron chi connectivity index (χ2n) is 6.41. The number of hydrogen-bond donors (Lipinski definition) is 1. The monoisotopic (exact) mass is 385 g/mol. The van der Waals surface area contributed by atoms with E-state index < -0.39 is 5.97 Å². The highest BCUT2D eigenvalue weighted by atomic mass is 16.5. The Morgan fingerprint density at radius 2 is 1.79 bits per heavy atom. The normalized spacial score (nSPS) is 11.0. The molecule has 0 bridgehead atoms. The third-order valence-corrected chi connectivity index (χ3v) is 4.17. The van der Waals surface area contributed by atoms with Gasteiger partial charge in [-0.15, -0.1) is 0 Å². The fourth-order valence-electron chi connectivity index (χ4n) is 2.66. The van der Waals surface area contributed by atoms with Gasteiger partial charge in [0.2, 0.25) is 5.91 Å². The number of esters is 1. The van der Waals surface area contributed by atoms with E-state index >= 15 is 0 Å². The van der Waals surface area contributed by atoms with E-state index in [-0.39, 0.29) is 23.9 Å². The smallest absolute Gasteiger partial charge is 0.330 e. The Bertz CT molecular complexity index is 805. The molecule has 0 spiro atoms. The minimum atomic E-state index is -0.576. The number of ketones is 2. The van der Waals surface area contributed by atoms with Crippen molar-refractivity contribution in [1.29, 1.82) is 0 Å². The van der Waals surface area contributed by atoms with Gasteiger partial charge in [0.25, 0.3) is 0 Å². The van der Waals surface area contributed by atoms with Gasteiger partial charge in [0.15, 0.2) is 11.6 Å². The first-order valence-corrected chi connectivity index (χ1v) is 9.18.